The lowest BCUT2D eigenvalue weighted by atomic mass is 9.79. The van der Waals surface area contributed by atoms with Crippen LogP contribution in [-0.2, 0) is 9.31 Å². The number of anilines is 2. The molecule has 3 heterocycles. The maximum absolute atomic E-state index is 6.57. The predicted molar refractivity (Wildman–Crippen MR) is 323 cm³/mol. The van der Waals surface area contributed by atoms with Crippen LogP contribution in [0.15, 0.2) is 244 Å². The van der Waals surface area contributed by atoms with Crippen molar-refractivity contribution >= 4 is 83.8 Å². The Labute approximate surface area is 452 Å². The molecule has 2 aromatic heterocycles. The van der Waals surface area contributed by atoms with Crippen LogP contribution in [0.5, 0.6) is 0 Å². The molecular weight excluding hydrogens is 1010 g/mol. The third-order valence-corrected chi connectivity index (χ3v) is 14.7. The molecule has 378 valence electrons. The monoisotopic (exact) mass is 1060 g/mol. The van der Waals surface area contributed by atoms with Gasteiger partial charge in [0.15, 0.2) is 0 Å². The van der Waals surface area contributed by atoms with Crippen LogP contribution < -0.4 is 16.9 Å². The quantitative estimate of drug-likeness (QED) is 0.127. The molecule has 0 saturated carbocycles. The molecule has 10 aromatic carbocycles. The lowest BCUT2D eigenvalue weighted by molar-refractivity contribution is 0.00578. The van der Waals surface area contributed by atoms with E-state index in [4.69, 9.17) is 29.6 Å². The molecule has 76 heavy (non-hydrogen) atoms. The van der Waals surface area contributed by atoms with Crippen molar-refractivity contribution in [2.24, 2.45) is 0 Å². The summed E-state index contributed by atoms with van der Waals surface area (Å²) in [6.07, 6.45) is 0. The van der Waals surface area contributed by atoms with Gasteiger partial charge in [-0.3, -0.25) is 4.70 Å². The van der Waals surface area contributed by atoms with E-state index >= 15 is 0 Å². The van der Waals surface area contributed by atoms with E-state index in [-0.39, 0.29) is 30.5 Å². The number of hydrogen-bond acceptors (Lipinski definition) is 6. The first kappa shape index (κ1) is 52.7. The molecule has 13 rings (SSSR count). The second kappa shape index (κ2) is 21.9. The highest BCUT2D eigenvalue weighted by Crippen LogP contribution is 2.42. The van der Waals surface area contributed by atoms with Crippen LogP contribution >= 0.6 is 15.9 Å². The average molecular weight is 1070 g/mol. The highest BCUT2D eigenvalue weighted by Gasteiger charge is 2.51. The fourth-order valence-corrected chi connectivity index (χ4v) is 10.0. The number of nitrogens with two attached hydrogens (primary N) is 2. The van der Waals surface area contributed by atoms with Crippen molar-refractivity contribution in [1.29, 1.82) is 0 Å². The summed E-state index contributed by atoms with van der Waals surface area (Å²) < 4.78 is 25.9. The number of nitrogen functional groups attached to an aromatic ring is 2. The molecule has 1 fully saturated rings. The third kappa shape index (κ3) is 10.4. The van der Waals surface area contributed by atoms with Crippen LogP contribution in [0.4, 0.5) is 16.1 Å². The highest BCUT2D eigenvalue weighted by atomic mass is 79.9. The van der Waals surface area contributed by atoms with Crippen molar-refractivity contribution in [2.75, 3.05) is 11.5 Å². The van der Waals surface area contributed by atoms with E-state index in [1.165, 1.54) is 5.56 Å². The van der Waals surface area contributed by atoms with E-state index in [0.29, 0.717) is 0 Å². The zero-order valence-electron chi connectivity index (χ0n) is 42.1. The molecule has 1 aliphatic rings. The molecule has 4 N–H and O–H groups in total. The number of furan rings is 2. The van der Waals surface area contributed by atoms with Crippen LogP contribution in [0, 0.1) is 0 Å². The van der Waals surface area contributed by atoms with Gasteiger partial charge >= 0.3 is 7.12 Å². The van der Waals surface area contributed by atoms with Crippen molar-refractivity contribution < 1.29 is 22.8 Å². The lowest BCUT2D eigenvalue weighted by Crippen LogP contribution is -2.41. The Morgan fingerprint density at radius 3 is 1.12 bits per heavy atom. The molecular formula is C67H59BBrFN2O4. The number of benzene rings is 10. The van der Waals surface area contributed by atoms with Crippen LogP contribution in [0.25, 0.3) is 99.5 Å². The van der Waals surface area contributed by atoms with Crippen molar-refractivity contribution in [1.82, 2.24) is 0 Å². The number of para-hydroxylation sites is 4. The first-order chi connectivity index (χ1) is 35.9. The first-order valence-corrected chi connectivity index (χ1v) is 25.6. The topological polar surface area (TPSA) is 96.8 Å². The predicted octanol–water partition coefficient (Wildman–Crippen LogP) is 18.2. The molecule has 1 saturated heterocycles. The first-order valence-electron chi connectivity index (χ1n) is 24.8. The number of rotatable bonds is 6. The number of fused-ring (bicyclic) bond motifs is 6. The van der Waals surface area contributed by atoms with Gasteiger partial charge in [0.1, 0.15) is 22.3 Å². The minimum Gasteiger partial charge on any atom is -0.455 e. The van der Waals surface area contributed by atoms with Gasteiger partial charge in [-0.2, -0.15) is 0 Å². The summed E-state index contributed by atoms with van der Waals surface area (Å²) in [4.78, 5) is 0. The number of halogens is 2. The maximum atomic E-state index is 6.57. The van der Waals surface area contributed by atoms with Crippen LogP contribution in [0.3, 0.4) is 0 Å². The Hall–Kier alpha value is -8.21. The largest absolute Gasteiger partial charge is 0.494 e. The van der Waals surface area contributed by atoms with E-state index in [1.54, 1.807) is 0 Å². The van der Waals surface area contributed by atoms with Gasteiger partial charge in [-0.25, -0.2) is 0 Å². The van der Waals surface area contributed by atoms with E-state index < -0.39 is 0 Å². The molecule has 0 bridgehead atoms. The zero-order chi connectivity index (χ0) is 51.0. The van der Waals surface area contributed by atoms with Gasteiger partial charge in [0.25, 0.3) is 0 Å². The zero-order valence-corrected chi connectivity index (χ0v) is 43.7. The van der Waals surface area contributed by atoms with Crippen LogP contribution in [0.1, 0.15) is 35.1 Å². The molecule has 0 amide bonds. The summed E-state index contributed by atoms with van der Waals surface area (Å²) in [6, 6.07) is 78.8. The average Bonchev–Trinajstić information content (AvgIpc) is 4.10. The van der Waals surface area contributed by atoms with Crippen molar-refractivity contribution in [3.63, 3.8) is 0 Å². The fourth-order valence-electron chi connectivity index (χ4n) is 9.62. The highest BCUT2D eigenvalue weighted by molar-refractivity contribution is 9.10. The van der Waals surface area contributed by atoms with Gasteiger partial charge in [0.2, 0.25) is 0 Å². The van der Waals surface area contributed by atoms with Gasteiger partial charge < -0.3 is 29.6 Å². The Balaban J connectivity index is 0.000000145. The van der Waals surface area contributed by atoms with Gasteiger partial charge in [-0.05, 0) is 109 Å². The van der Waals surface area contributed by atoms with Crippen LogP contribution in [-0.4, -0.2) is 18.3 Å². The standard InChI is InChI=1S/C30H21NO.C24H15BrO.C12H18BNO2.CH4.FH/c31-24-17-15-20(16-18-24)22-9-4-10-23(19-22)26-12-6-14-28-27-13-5-11-25(29(27)32-30(26)28)21-7-2-1-3-8-21;25-18-10-4-9-17(15-18)20-12-6-14-22-21-13-5-11-19(23(21)26-24(20)22)16-7-2-1-3-8-16;1-11(2)12(3,4)16-13(15-11)9-5-7-10(14)8-6-9;;/h1-19H,31H2;1-15H;5-8H,14H2,1-4H3;1H4;1H. The number of hydrogen-bond donors (Lipinski definition) is 2. The van der Waals surface area contributed by atoms with Crippen molar-refractivity contribution in [3.8, 4) is 55.6 Å². The van der Waals surface area contributed by atoms with Crippen molar-refractivity contribution in [3.05, 3.63) is 235 Å². The van der Waals surface area contributed by atoms with E-state index in [9.17, 15) is 0 Å². The second-order valence-electron chi connectivity index (χ2n) is 19.6. The molecule has 0 unspecified atom stereocenters. The minimum absolute atomic E-state index is 0. The summed E-state index contributed by atoms with van der Waals surface area (Å²) in [5.41, 5.74) is 28.5. The van der Waals surface area contributed by atoms with Crippen LogP contribution in [0.2, 0.25) is 0 Å². The normalized spacial score (nSPS) is 13.3. The second-order valence-corrected chi connectivity index (χ2v) is 20.5. The maximum Gasteiger partial charge on any atom is 0.494 e. The lowest BCUT2D eigenvalue weighted by Gasteiger charge is -2.32. The molecule has 9 heteroatoms. The van der Waals surface area contributed by atoms with E-state index in [0.717, 1.165) is 115 Å². The molecule has 1 aliphatic heterocycles. The fraction of sp³-hybridized carbons (Fsp3) is 0.104. The summed E-state index contributed by atoms with van der Waals surface area (Å²) >= 11 is 3.57. The Bertz CT molecular complexity index is 3930. The molecule has 0 aliphatic carbocycles. The van der Waals surface area contributed by atoms with Gasteiger partial charge in [-0.1, -0.05) is 211 Å². The SMILES string of the molecule is Brc1cccc(-c2cccc3c2oc2c(-c4ccccc4)cccc23)c1.C.CC1(C)OB(c2ccc(N)cc2)OC1(C)C.F.Nc1ccc(-c2cccc(-c3cccc4c3oc3c(-c5ccccc5)cccc34)c2)cc1. The summed E-state index contributed by atoms with van der Waals surface area (Å²) in [5, 5.41) is 4.57. The summed E-state index contributed by atoms with van der Waals surface area (Å²) in [6.45, 7) is 8.18. The van der Waals surface area contributed by atoms with E-state index in [2.05, 4.69) is 192 Å². The van der Waals surface area contributed by atoms with Gasteiger partial charge in [0.05, 0.1) is 11.2 Å². The molecule has 0 spiro atoms. The third-order valence-electron chi connectivity index (χ3n) is 14.2. The molecule has 6 nitrogen and oxygen atoms in total. The Morgan fingerprint density at radius 2 is 0.697 bits per heavy atom. The van der Waals surface area contributed by atoms with Gasteiger partial charge in [-0.15, -0.1) is 0 Å². The summed E-state index contributed by atoms with van der Waals surface area (Å²) in [7, 11) is -0.300. The summed E-state index contributed by atoms with van der Waals surface area (Å²) in [5.74, 6) is 0. The Morgan fingerprint density at radius 1 is 0.355 bits per heavy atom. The molecule has 0 atom stereocenters. The Kier molecular flexibility index (Phi) is 15.2. The molecule has 12 aromatic rings. The minimum atomic E-state index is -0.300. The van der Waals surface area contributed by atoms with Gasteiger partial charge in [0, 0.05) is 59.6 Å². The molecule has 0 radical (unpaired) electrons. The smallest absolute Gasteiger partial charge is 0.455 e. The van der Waals surface area contributed by atoms with Crippen molar-refractivity contribution in [2.45, 2.75) is 46.3 Å². The van der Waals surface area contributed by atoms with E-state index in [1.807, 2.05) is 82.3 Å².